The number of thiophene rings is 1. The van der Waals surface area contributed by atoms with Gasteiger partial charge in [0, 0.05) is 10.9 Å². The molecule has 2 heterocycles. The third-order valence-electron chi connectivity index (χ3n) is 1.84. The van der Waals surface area contributed by atoms with Crippen LogP contribution in [0.3, 0.4) is 0 Å². The highest BCUT2D eigenvalue weighted by Crippen LogP contribution is 2.20. The summed E-state index contributed by atoms with van der Waals surface area (Å²) in [4.78, 5) is 0. The van der Waals surface area contributed by atoms with Crippen LogP contribution in [0.5, 0.6) is 0 Å². The minimum Gasteiger partial charge on any atom is -0.480 e. The Kier molecular flexibility index (Phi) is 2.32. The number of H-pyrrole nitrogens is 1. The molecule has 0 saturated carbocycles. The number of hydrogen-bond donors (Lipinski definition) is 2. The van der Waals surface area contributed by atoms with Crippen LogP contribution >= 0.6 is 11.3 Å². The first kappa shape index (κ1) is 8.96. The summed E-state index contributed by atoms with van der Waals surface area (Å²) in [6, 6.07) is 3.79. The maximum atomic E-state index is 7.43. The van der Waals surface area contributed by atoms with E-state index in [0.717, 1.165) is 11.3 Å². The van der Waals surface area contributed by atoms with Crippen LogP contribution in [0.2, 0.25) is 0 Å². The van der Waals surface area contributed by atoms with E-state index in [1.807, 2.05) is 16.8 Å². The molecule has 0 aromatic carbocycles. The first-order valence-corrected chi connectivity index (χ1v) is 4.96. The lowest BCUT2D eigenvalue weighted by Crippen LogP contribution is -2.00. The van der Waals surface area contributed by atoms with Crippen LogP contribution in [0.25, 0.3) is 11.3 Å². The van der Waals surface area contributed by atoms with E-state index in [0.29, 0.717) is 5.69 Å². The molecule has 2 aromatic heterocycles. The number of aromatic nitrogens is 2. The van der Waals surface area contributed by atoms with Crippen LogP contribution < -0.4 is 0 Å². The fourth-order valence-corrected chi connectivity index (χ4v) is 1.76. The molecule has 0 amide bonds. The topological polar surface area (TPSA) is 61.8 Å². The molecule has 0 atom stereocenters. The van der Waals surface area contributed by atoms with Crippen molar-refractivity contribution in [2.75, 3.05) is 7.11 Å². The minimum absolute atomic E-state index is 0.0963. The standard InChI is InChI=1S/C9H9N3OS/c1-13-9(10)8-4-7(11-12-8)6-2-3-14-5-6/h2-5,10H,1H3,(H,11,12). The minimum atomic E-state index is 0.0963. The molecule has 0 unspecified atom stereocenters. The third-order valence-corrected chi connectivity index (χ3v) is 2.53. The maximum absolute atomic E-state index is 7.43. The first-order valence-electron chi connectivity index (χ1n) is 4.02. The van der Waals surface area contributed by atoms with Crippen LogP contribution in [0.15, 0.2) is 22.9 Å². The highest BCUT2D eigenvalue weighted by atomic mass is 32.1. The molecule has 72 valence electrons. The summed E-state index contributed by atoms with van der Waals surface area (Å²) < 4.78 is 4.78. The molecule has 0 saturated heterocycles. The van der Waals surface area contributed by atoms with E-state index in [2.05, 4.69) is 10.2 Å². The van der Waals surface area contributed by atoms with Crippen molar-refractivity contribution in [3.05, 3.63) is 28.6 Å². The van der Waals surface area contributed by atoms with E-state index in [4.69, 9.17) is 10.1 Å². The lowest BCUT2D eigenvalue weighted by atomic mass is 10.2. The molecule has 0 spiro atoms. The van der Waals surface area contributed by atoms with Crippen LogP contribution in [-0.2, 0) is 4.74 Å². The molecule has 2 rings (SSSR count). The van der Waals surface area contributed by atoms with Gasteiger partial charge in [-0.05, 0) is 17.5 Å². The second-order valence-electron chi connectivity index (χ2n) is 2.71. The fraction of sp³-hybridized carbons (Fsp3) is 0.111. The van der Waals surface area contributed by atoms with Crippen molar-refractivity contribution in [3.8, 4) is 11.3 Å². The third kappa shape index (κ3) is 1.54. The monoisotopic (exact) mass is 207 g/mol. The van der Waals surface area contributed by atoms with Gasteiger partial charge in [0.15, 0.2) is 0 Å². The average molecular weight is 207 g/mol. The number of rotatable bonds is 2. The van der Waals surface area contributed by atoms with E-state index in [1.165, 1.54) is 7.11 Å². The Bertz CT molecular complexity index is 433. The molecule has 0 fully saturated rings. The molecule has 0 aliphatic rings. The summed E-state index contributed by atoms with van der Waals surface area (Å²) in [6.07, 6.45) is 0. The van der Waals surface area contributed by atoms with E-state index < -0.39 is 0 Å². The van der Waals surface area contributed by atoms with Gasteiger partial charge in [-0.1, -0.05) is 0 Å². The summed E-state index contributed by atoms with van der Waals surface area (Å²) in [5.41, 5.74) is 2.48. The lowest BCUT2D eigenvalue weighted by molar-refractivity contribution is 0.399. The van der Waals surface area contributed by atoms with Crippen molar-refractivity contribution in [3.63, 3.8) is 0 Å². The van der Waals surface area contributed by atoms with E-state index in [9.17, 15) is 0 Å². The zero-order valence-corrected chi connectivity index (χ0v) is 8.39. The first-order chi connectivity index (χ1) is 6.81. The fourth-order valence-electron chi connectivity index (χ4n) is 1.11. The van der Waals surface area contributed by atoms with Crippen molar-refractivity contribution in [2.45, 2.75) is 0 Å². The molecule has 0 bridgehead atoms. The molecular formula is C9H9N3OS. The molecule has 5 heteroatoms. The summed E-state index contributed by atoms with van der Waals surface area (Å²) >= 11 is 1.62. The van der Waals surface area contributed by atoms with Gasteiger partial charge in [-0.25, -0.2) is 0 Å². The van der Waals surface area contributed by atoms with Crippen LogP contribution in [0.1, 0.15) is 5.69 Å². The highest BCUT2D eigenvalue weighted by molar-refractivity contribution is 7.08. The van der Waals surface area contributed by atoms with Crippen LogP contribution in [0, 0.1) is 5.41 Å². The van der Waals surface area contributed by atoms with Gasteiger partial charge in [0.05, 0.1) is 12.8 Å². The van der Waals surface area contributed by atoms with Gasteiger partial charge in [0.2, 0.25) is 5.90 Å². The van der Waals surface area contributed by atoms with E-state index in [-0.39, 0.29) is 5.90 Å². The average Bonchev–Trinajstić information content (AvgIpc) is 2.86. The summed E-state index contributed by atoms with van der Waals surface area (Å²) in [7, 11) is 1.47. The van der Waals surface area contributed by atoms with Crippen LogP contribution in [-0.4, -0.2) is 23.2 Å². The Morgan fingerprint density at radius 1 is 1.64 bits per heavy atom. The smallest absolute Gasteiger partial charge is 0.231 e. The zero-order valence-electron chi connectivity index (χ0n) is 7.57. The largest absolute Gasteiger partial charge is 0.480 e. The van der Waals surface area contributed by atoms with Gasteiger partial charge >= 0.3 is 0 Å². The predicted octanol–water partition coefficient (Wildman–Crippen LogP) is 2.11. The Morgan fingerprint density at radius 2 is 2.50 bits per heavy atom. The number of ether oxygens (including phenoxy) is 1. The summed E-state index contributed by atoms with van der Waals surface area (Å²) in [5, 5.41) is 18.3. The van der Waals surface area contributed by atoms with Gasteiger partial charge < -0.3 is 4.74 Å². The lowest BCUT2D eigenvalue weighted by Gasteiger charge is -1.94. The quantitative estimate of drug-likeness (QED) is 0.585. The zero-order chi connectivity index (χ0) is 9.97. The number of nitrogens with zero attached hydrogens (tertiary/aromatic N) is 1. The number of hydrogen-bond acceptors (Lipinski definition) is 4. The van der Waals surface area contributed by atoms with Crippen molar-refractivity contribution < 1.29 is 4.74 Å². The van der Waals surface area contributed by atoms with Crippen molar-refractivity contribution in [1.29, 1.82) is 5.41 Å². The molecule has 0 aliphatic heterocycles. The Morgan fingerprint density at radius 3 is 3.14 bits per heavy atom. The SMILES string of the molecule is COC(=N)c1cc(-c2ccsc2)n[nH]1. The molecular weight excluding hydrogens is 198 g/mol. The van der Waals surface area contributed by atoms with Gasteiger partial charge in [0.25, 0.3) is 0 Å². The molecule has 4 nitrogen and oxygen atoms in total. The molecule has 14 heavy (non-hydrogen) atoms. The second kappa shape index (κ2) is 3.63. The number of aromatic amines is 1. The normalized spacial score (nSPS) is 10.1. The second-order valence-corrected chi connectivity index (χ2v) is 3.49. The molecule has 0 radical (unpaired) electrons. The van der Waals surface area contributed by atoms with Crippen molar-refractivity contribution >= 4 is 17.2 Å². The van der Waals surface area contributed by atoms with Gasteiger partial charge in [-0.2, -0.15) is 16.4 Å². The Hall–Kier alpha value is -1.62. The van der Waals surface area contributed by atoms with Crippen molar-refractivity contribution in [1.82, 2.24) is 10.2 Å². The van der Waals surface area contributed by atoms with Gasteiger partial charge in [0.1, 0.15) is 5.69 Å². The van der Waals surface area contributed by atoms with Gasteiger partial charge in [-0.3, -0.25) is 10.5 Å². The van der Waals surface area contributed by atoms with E-state index in [1.54, 1.807) is 17.4 Å². The summed E-state index contributed by atoms with van der Waals surface area (Å²) in [6.45, 7) is 0. The number of methoxy groups -OCH3 is 1. The summed E-state index contributed by atoms with van der Waals surface area (Å²) in [5.74, 6) is 0.0963. The maximum Gasteiger partial charge on any atom is 0.231 e. The molecule has 2 aromatic rings. The molecule has 2 N–H and O–H groups in total. The molecule has 0 aliphatic carbocycles. The Labute approximate surface area is 85.1 Å². The highest BCUT2D eigenvalue weighted by Gasteiger charge is 2.07. The van der Waals surface area contributed by atoms with Crippen molar-refractivity contribution in [2.24, 2.45) is 0 Å². The van der Waals surface area contributed by atoms with E-state index >= 15 is 0 Å². The van der Waals surface area contributed by atoms with Crippen LogP contribution in [0.4, 0.5) is 0 Å². The Balaban J connectivity index is 2.31. The predicted molar refractivity (Wildman–Crippen MR) is 55.7 cm³/mol. The number of nitrogens with one attached hydrogen (secondary N) is 2. The van der Waals surface area contributed by atoms with Gasteiger partial charge in [-0.15, -0.1) is 0 Å².